The highest BCUT2D eigenvalue weighted by Gasteiger charge is 2.65. The van der Waals surface area contributed by atoms with Crippen LogP contribution in [0.25, 0.3) is 0 Å². The number of amides is 8. The topological polar surface area (TPSA) is 221 Å². The zero-order valence-corrected chi connectivity index (χ0v) is 36.4. The second-order valence-corrected chi connectivity index (χ2v) is 19.6. The van der Waals surface area contributed by atoms with Gasteiger partial charge in [-0.05, 0) is 40.2 Å². The molecule has 4 aliphatic heterocycles. The van der Waals surface area contributed by atoms with Crippen molar-refractivity contribution >= 4 is 76.9 Å². The molecule has 0 saturated carbocycles. The third-order valence-corrected chi connectivity index (χ3v) is 14.0. The number of likely N-dealkylation sites (N-methyl/N-ethyl adjacent to an activating group) is 1. The number of esters is 2. The van der Waals surface area contributed by atoms with E-state index >= 15 is 0 Å². The number of carbonyl (C=O) groups is 9. The van der Waals surface area contributed by atoms with Gasteiger partial charge >= 0.3 is 29.8 Å². The molecule has 4 heterocycles. The lowest BCUT2D eigenvalue weighted by Gasteiger charge is -2.44. The van der Waals surface area contributed by atoms with Crippen molar-refractivity contribution in [3.63, 3.8) is 0 Å². The van der Waals surface area contributed by atoms with Gasteiger partial charge in [-0.1, -0.05) is 60.7 Å². The summed E-state index contributed by atoms with van der Waals surface area (Å²) in [6.07, 6.45) is -1.47. The minimum atomic E-state index is -1.47. The highest BCUT2D eigenvalue weighted by molar-refractivity contribution is 8.02. The Kier molecular flexibility index (Phi) is 13.1. The second-order valence-electron chi connectivity index (χ2n) is 16.0. The number of piperazine rings is 1. The normalized spacial score (nSPS) is 24.8. The molecular formula is C41H49N7O11S2. The number of nitrogens with one attached hydrogen (secondary N) is 3. The van der Waals surface area contributed by atoms with E-state index in [2.05, 4.69) is 16.0 Å². The van der Waals surface area contributed by atoms with Crippen molar-refractivity contribution in [1.82, 2.24) is 35.6 Å². The summed E-state index contributed by atoms with van der Waals surface area (Å²) in [4.78, 5) is 125. The number of fused-ring (bicyclic) bond motifs is 1. The fourth-order valence-electron chi connectivity index (χ4n) is 7.91. The number of rotatable bonds is 12. The molecule has 0 bridgehead atoms. The predicted molar refractivity (Wildman–Crippen MR) is 222 cm³/mol. The highest BCUT2D eigenvalue weighted by Crippen LogP contribution is 2.51. The first-order chi connectivity index (χ1) is 28.8. The van der Waals surface area contributed by atoms with Crippen LogP contribution < -0.4 is 16.0 Å². The Labute approximate surface area is 361 Å². The third-order valence-electron chi connectivity index (χ3n) is 10.9. The number of hydrogen-bond acceptors (Lipinski definition) is 13. The van der Waals surface area contributed by atoms with Crippen LogP contribution in [0.15, 0.2) is 60.7 Å². The first kappa shape index (κ1) is 44.9. The molecule has 4 aliphatic rings. The molecule has 4 saturated heterocycles. The molecule has 7 atom stereocenters. The monoisotopic (exact) mass is 879 g/mol. The Morgan fingerprint density at radius 3 is 2.02 bits per heavy atom. The summed E-state index contributed by atoms with van der Waals surface area (Å²) in [7, 11) is 1.44. The molecule has 326 valence electrons. The molecule has 2 aromatic rings. The predicted octanol–water partition coefficient (Wildman–Crippen LogP) is 1.32. The molecular weight excluding hydrogens is 831 g/mol. The first-order valence-electron chi connectivity index (χ1n) is 19.7. The smallest absolute Gasteiger partial charge is 0.331 e. The Morgan fingerprint density at radius 2 is 1.41 bits per heavy atom. The van der Waals surface area contributed by atoms with E-state index in [0.29, 0.717) is 11.1 Å². The van der Waals surface area contributed by atoms with E-state index < -0.39 is 98.0 Å². The molecule has 8 amide bonds. The summed E-state index contributed by atoms with van der Waals surface area (Å²) in [5, 5.41) is 6.67. The van der Waals surface area contributed by atoms with Crippen LogP contribution in [0.4, 0.5) is 4.79 Å². The van der Waals surface area contributed by atoms with Gasteiger partial charge in [0.25, 0.3) is 5.91 Å². The highest BCUT2D eigenvalue weighted by atomic mass is 32.2. The van der Waals surface area contributed by atoms with E-state index in [1.54, 1.807) is 81.4 Å². The van der Waals surface area contributed by atoms with Gasteiger partial charge in [0.1, 0.15) is 29.5 Å². The average molecular weight is 880 g/mol. The van der Waals surface area contributed by atoms with Gasteiger partial charge in [-0.25, -0.2) is 14.4 Å². The summed E-state index contributed by atoms with van der Waals surface area (Å²) >= 11 is 2.58. The summed E-state index contributed by atoms with van der Waals surface area (Å²) in [6, 6.07) is 10.9. The van der Waals surface area contributed by atoms with Gasteiger partial charge in [0, 0.05) is 48.7 Å². The van der Waals surface area contributed by atoms with Crippen molar-refractivity contribution in [3.8, 4) is 0 Å². The van der Waals surface area contributed by atoms with Crippen LogP contribution in [0.1, 0.15) is 64.8 Å². The molecule has 20 heteroatoms. The number of hydrogen-bond donors (Lipinski definition) is 3. The van der Waals surface area contributed by atoms with Gasteiger partial charge in [0.05, 0.1) is 12.0 Å². The lowest BCUT2D eigenvalue weighted by molar-refractivity contribution is -0.170. The Bertz CT molecular complexity index is 2110. The zero-order valence-electron chi connectivity index (χ0n) is 34.7. The van der Waals surface area contributed by atoms with Gasteiger partial charge in [-0.3, -0.25) is 33.7 Å². The van der Waals surface area contributed by atoms with Gasteiger partial charge in [-0.15, -0.1) is 23.5 Å². The molecule has 18 nitrogen and oxygen atoms in total. The molecule has 0 aromatic heterocycles. The van der Waals surface area contributed by atoms with Crippen LogP contribution in [0, 0.1) is 0 Å². The van der Waals surface area contributed by atoms with Crippen LogP contribution in [-0.2, 0) is 47.8 Å². The largest absolute Gasteiger partial charge is 0.464 e. The van der Waals surface area contributed by atoms with E-state index in [4.69, 9.17) is 9.47 Å². The second kappa shape index (κ2) is 17.8. The van der Waals surface area contributed by atoms with Crippen LogP contribution in [-0.4, -0.2) is 145 Å². The summed E-state index contributed by atoms with van der Waals surface area (Å²) in [6.45, 7) is 10.2. The fourth-order valence-corrected chi connectivity index (χ4v) is 11.1. The summed E-state index contributed by atoms with van der Waals surface area (Å²) < 4.78 is 9.52. The number of thioether (sulfide) groups is 2. The number of imide groups is 1. The van der Waals surface area contributed by atoms with Crippen LogP contribution >= 0.6 is 23.5 Å². The van der Waals surface area contributed by atoms with Crippen molar-refractivity contribution in [3.05, 3.63) is 71.8 Å². The van der Waals surface area contributed by atoms with E-state index in [1.165, 1.54) is 52.2 Å². The van der Waals surface area contributed by atoms with Crippen molar-refractivity contribution in [2.75, 3.05) is 33.3 Å². The lowest BCUT2D eigenvalue weighted by Crippen LogP contribution is -2.71. The summed E-state index contributed by atoms with van der Waals surface area (Å²) in [5.74, 6) is -5.78. The number of nitrogens with zero attached hydrogens (tertiary/aromatic N) is 4. The molecule has 0 spiro atoms. The van der Waals surface area contributed by atoms with Crippen molar-refractivity contribution < 1.29 is 52.6 Å². The molecule has 3 N–H and O–H groups in total. The minimum absolute atomic E-state index is 0.0852. The molecule has 4 fully saturated rings. The number of benzene rings is 2. The number of carbonyl (C=O) groups excluding carboxylic acids is 9. The lowest BCUT2D eigenvalue weighted by atomic mass is 9.95. The van der Waals surface area contributed by atoms with Crippen molar-refractivity contribution in [1.29, 1.82) is 0 Å². The molecule has 7 unspecified atom stereocenters. The van der Waals surface area contributed by atoms with E-state index in [0.717, 1.165) is 4.90 Å². The van der Waals surface area contributed by atoms with E-state index in [-0.39, 0.29) is 32.1 Å². The third kappa shape index (κ3) is 8.91. The number of β-lactam (4-membered cyclic amide) rings is 1. The molecule has 0 radical (unpaired) electrons. The fraction of sp³-hybridized carbons (Fsp3) is 0.488. The maximum atomic E-state index is 14.2. The molecule has 61 heavy (non-hydrogen) atoms. The first-order valence-corrected chi connectivity index (χ1v) is 21.4. The SMILES string of the molecule is CCOC(=O)C1N(C(C)=O)C(CNC(=O)C(OC(=O)C2N3C(=O)C(NC(=O)C(NC(=O)N4CCN(C)C(=O)C4=O)c4ccccc4)C3SC2(C)C)c2ccccc2)SC1(C)C. The molecule has 0 aliphatic carbocycles. The maximum absolute atomic E-state index is 14.2. The number of ether oxygens (including phenoxy) is 2. The van der Waals surface area contributed by atoms with E-state index in [1.807, 2.05) is 13.8 Å². The molecule has 6 rings (SSSR count). The summed E-state index contributed by atoms with van der Waals surface area (Å²) in [5.41, 5.74) is 0.691. The van der Waals surface area contributed by atoms with Gasteiger partial charge in [0.15, 0.2) is 0 Å². The van der Waals surface area contributed by atoms with Gasteiger partial charge in [-0.2, -0.15) is 0 Å². The van der Waals surface area contributed by atoms with Crippen molar-refractivity contribution in [2.24, 2.45) is 0 Å². The standard InChI is InChI=1S/C41H49N7O11S2/c1-8-58-37(55)29-40(3,4)60-25(47(29)22(2)49)21-42-32(51)28(24-17-13-10-14-18-24)59-38(56)30-41(5,6)61-36-27(33(52)48(30)36)43-31(50)26(23-15-11-9-12-16-23)44-39(57)46-20-19-45(7)34(53)35(46)54/h9-18,25-30,36H,8,19-21H2,1-7H3,(H,42,51)(H,43,50)(H,44,57). The zero-order chi connectivity index (χ0) is 44.6. The van der Waals surface area contributed by atoms with E-state index in [9.17, 15) is 43.2 Å². The van der Waals surface area contributed by atoms with Crippen LogP contribution in [0.2, 0.25) is 0 Å². The number of urea groups is 1. The van der Waals surface area contributed by atoms with Gasteiger partial charge in [0.2, 0.25) is 23.8 Å². The Balaban J connectivity index is 1.16. The quantitative estimate of drug-likeness (QED) is 0.156. The Morgan fingerprint density at radius 1 is 0.803 bits per heavy atom. The van der Waals surface area contributed by atoms with Gasteiger partial charge < -0.3 is 40.1 Å². The average Bonchev–Trinajstić information content (AvgIpc) is 3.65. The maximum Gasteiger partial charge on any atom is 0.331 e. The van der Waals surface area contributed by atoms with Crippen molar-refractivity contribution in [2.45, 2.75) is 92.1 Å². The minimum Gasteiger partial charge on any atom is -0.464 e. The van der Waals surface area contributed by atoms with Crippen LogP contribution in [0.5, 0.6) is 0 Å². The Hall–Kier alpha value is -5.63. The van der Waals surface area contributed by atoms with Crippen LogP contribution in [0.3, 0.4) is 0 Å². The molecule has 2 aromatic carbocycles.